The van der Waals surface area contributed by atoms with E-state index in [0.29, 0.717) is 0 Å². The summed E-state index contributed by atoms with van der Waals surface area (Å²) in [5.41, 5.74) is 1.71. The molecule has 0 saturated carbocycles. The Balaban J connectivity index is 0.000000171. The van der Waals surface area contributed by atoms with E-state index >= 15 is 0 Å². The van der Waals surface area contributed by atoms with Crippen LogP contribution in [0.3, 0.4) is 0 Å². The van der Waals surface area contributed by atoms with E-state index in [1.165, 1.54) is 0 Å². The fourth-order valence-corrected chi connectivity index (χ4v) is 1.21. The zero-order valence-electron chi connectivity index (χ0n) is 9.76. The van der Waals surface area contributed by atoms with Crippen LogP contribution in [0.5, 0.6) is 0 Å². The molecule has 0 spiro atoms. The number of carbonyl (C=O) groups excluding carboxylic acids is 1. The first-order valence-electron chi connectivity index (χ1n) is 5.31. The number of hydrogen-bond acceptors (Lipinski definition) is 1. The average Bonchev–Trinajstić information content (AvgIpc) is 2.41. The molecule has 0 aliphatic carbocycles. The molecule has 0 radical (unpaired) electrons. The monoisotopic (exact) mass is 222 g/mol. The third kappa shape index (κ3) is 4.81. The summed E-state index contributed by atoms with van der Waals surface area (Å²) < 4.78 is 0. The molecular formula is C16H14O. The molecule has 0 fully saturated rings. The summed E-state index contributed by atoms with van der Waals surface area (Å²) in [6, 6.07) is 18.8. The van der Waals surface area contributed by atoms with E-state index in [1.54, 1.807) is 6.92 Å². The van der Waals surface area contributed by atoms with E-state index in [-0.39, 0.29) is 5.78 Å². The highest BCUT2D eigenvalue weighted by atomic mass is 16.1. The number of rotatable bonds is 1. The molecule has 0 heterocycles. The average molecular weight is 222 g/mol. The summed E-state index contributed by atoms with van der Waals surface area (Å²) in [6.45, 7) is 1.56. The summed E-state index contributed by atoms with van der Waals surface area (Å²) in [6.07, 6.45) is 5.10. The highest BCUT2D eigenvalue weighted by Gasteiger charge is 1.92. The van der Waals surface area contributed by atoms with Gasteiger partial charge in [0.15, 0.2) is 5.78 Å². The Morgan fingerprint density at radius 2 is 1.41 bits per heavy atom. The maximum atomic E-state index is 10.6. The fourth-order valence-electron chi connectivity index (χ4n) is 1.21. The van der Waals surface area contributed by atoms with Gasteiger partial charge in [0.25, 0.3) is 0 Å². The Hall–Kier alpha value is -2.33. The van der Waals surface area contributed by atoms with E-state index in [9.17, 15) is 4.79 Å². The second kappa shape index (κ2) is 7.03. The van der Waals surface area contributed by atoms with Gasteiger partial charge in [-0.2, -0.15) is 0 Å². The van der Waals surface area contributed by atoms with Crippen LogP contribution in [-0.2, 0) is 0 Å². The number of ketones is 1. The van der Waals surface area contributed by atoms with Crippen molar-refractivity contribution < 1.29 is 4.79 Å². The first-order valence-corrected chi connectivity index (χ1v) is 5.31. The van der Waals surface area contributed by atoms with Crippen molar-refractivity contribution in [1.82, 2.24) is 0 Å². The Morgan fingerprint density at radius 1 is 0.941 bits per heavy atom. The molecular weight excluding hydrogens is 208 g/mol. The van der Waals surface area contributed by atoms with E-state index in [0.717, 1.165) is 11.1 Å². The van der Waals surface area contributed by atoms with Crippen molar-refractivity contribution in [3.63, 3.8) is 0 Å². The lowest BCUT2D eigenvalue weighted by Crippen LogP contribution is -1.88. The van der Waals surface area contributed by atoms with E-state index in [4.69, 9.17) is 6.42 Å². The highest BCUT2D eigenvalue weighted by molar-refractivity contribution is 5.93. The van der Waals surface area contributed by atoms with Gasteiger partial charge in [-0.25, -0.2) is 0 Å². The zero-order chi connectivity index (χ0) is 12.5. The molecule has 0 saturated heterocycles. The smallest absolute Gasteiger partial charge is 0.159 e. The molecule has 2 aromatic rings. The molecule has 0 aliphatic heterocycles. The molecule has 17 heavy (non-hydrogen) atoms. The Morgan fingerprint density at radius 3 is 1.71 bits per heavy atom. The number of carbonyl (C=O) groups is 1. The Labute approximate surface area is 102 Å². The molecule has 2 aromatic carbocycles. The lowest BCUT2D eigenvalue weighted by atomic mass is 10.2. The molecule has 1 nitrogen and oxygen atoms in total. The summed E-state index contributed by atoms with van der Waals surface area (Å²) in [7, 11) is 0. The summed E-state index contributed by atoms with van der Waals surface area (Å²) in [4.78, 5) is 10.6. The topological polar surface area (TPSA) is 17.1 Å². The molecule has 0 atom stereocenters. The zero-order valence-corrected chi connectivity index (χ0v) is 9.76. The van der Waals surface area contributed by atoms with Gasteiger partial charge in [0, 0.05) is 11.1 Å². The third-order valence-corrected chi connectivity index (χ3v) is 2.12. The maximum Gasteiger partial charge on any atom is 0.159 e. The van der Waals surface area contributed by atoms with Gasteiger partial charge in [-0.05, 0) is 19.1 Å². The number of Topliss-reactive ketones (excluding diaryl/α,β-unsaturated/α-hetero) is 1. The van der Waals surface area contributed by atoms with E-state index < -0.39 is 0 Å². The second-order valence-corrected chi connectivity index (χ2v) is 3.43. The summed E-state index contributed by atoms with van der Waals surface area (Å²) in [5.74, 6) is 2.65. The molecule has 84 valence electrons. The van der Waals surface area contributed by atoms with Crippen molar-refractivity contribution in [3.8, 4) is 12.3 Å². The van der Waals surface area contributed by atoms with Crippen LogP contribution < -0.4 is 0 Å². The normalized spacial score (nSPS) is 8.47. The standard InChI is InChI=1S/C8H8O.C8H6/c1-7(9)8-5-3-2-4-6-8;1-2-8-6-4-3-5-7-8/h2-6H,1H3;1,3-7H. The van der Waals surface area contributed by atoms with E-state index in [2.05, 4.69) is 5.92 Å². The largest absolute Gasteiger partial charge is 0.295 e. The minimum Gasteiger partial charge on any atom is -0.295 e. The number of hydrogen-bond donors (Lipinski definition) is 0. The maximum absolute atomic E-state index is 10.6. The highest BCUT2D eigenvalue weighted by Crippen LogP contribution is 1.97. The van der Waals surface area contributed by atoms with Crippen LogP contribution in [0.15, 0.2) is 60.7 Å². The van der Waals surface area contributed by atoms with Crippen molar-refractivity contribution >= 4 is 5.78 Å². The second-order valence-electron chi connectivity index (χ2n) is 3.43. The van der Waals surface area contributed by atoms with Crippen LogP contribution in [0.2, 0.25) is 0 Å². The van der Waals surface area contributed by atoms with Crippen molar-refractivity contribution in [2.24, 2.45) is 0 Å². The number of benzene rings is 2. The molecule has 0 amide bonds. The van der Waals surface area contributed by atoms with E-state index in [1.807, 2.05) is 60.7 Å². The van der Waals surface area contributed by atoms with Crippen LogP contribution in [0.25, 0.3) is 0 Å². The van der Waals surface area contributed by atoms with Gasteiger partial charge in [-0.1, -0.05) is 54.5 Å². The molecule has 2 rings (SSSR count). The predicted octanol–water partition coefficient (Wildman–Crippen LogP) is 3.56. The van der Waals surface area contributed by atoms with Crippen molar-refractivity contribution in [2.75, 3.05) is 0 Å². The Kier molecular flexibility index (Phi) is 5.27. The summed E-state index contributed by atoms with van der Waals surface area (Å²) >= 11 is 0. The fraction of sp³-hybridized carbons (Fsp3) is 0.0625. The lowest BCUT2D eigenvalue weighted by Gasteiger charge is -1.89. The van der Waals surface area contributed by atoms with Crippen LogP contribution in [0.1, 0.15) is 22.8 Å². The summed E-state index contributed by atoms with van der Waals surface area (Å²) in [5, 5.41) is 0. The van der Waals surface area contributed by atoms with Crippen molar-refractivity contribution in [1.29, 1.82) is 0 Å². The minimum atomic E-state index is 0.121. The van der Waals surface area contributed by atoms with Crippen LogP contribution in [0, 0.1) is 12.3 Å². The minimum absolute atomic E-state index is 0.121. The third-order valence-electron chi connectivity index (χ3n) is 2.12. The molecule has 1 heteroatoms. The van der Waals surface area contributed by atoms with Gasteiger partial charge in [0.05, 0.1) is 0 Å². The quantitative estimate of drug-likeness (QED) is 0.532. The predicted molar refractivity (Wildman–Crippen MR) is 70.8 cm³/mol. The van der Waals surface area contributed by atoms with Gasteiger partial charge >= 0.3 is 0 Å². The SMILES string of the molecule is C#Cc1ccccc1.CC(=O)c1ccccc1. The first-order chi connectivity index (χ1) is 8.24. The van der Waals surface area contributed by atoms with Crippen molar-refractivity contribution in [3.05, 3.63) is 71.8 Å². The van der Waals surface area contributed by atoms with Gasteiger partial charge in [0.2, 0.25) is 0 Å². The van der Waals surface area contributed by atoms with Gasteiger partial charge in [0.1, 0.15) is 0 Å². The number of terminal acetylenes is 1. The lowest BCUT2D eigenvalue weighted by molar-refractivity contribution is 0.101. The Bertz CT molecular complexity index is 492. The van der Waals surface area contributed by atoms with Crippen molar-refractivity contribution in [2.45, 2.75) is 6.92 Å². The molecule has 0 bridgehead atoms. The van der Waals surface area contributed by atoms with Crippen LogP contribution in [-0.4, -0.2) is 5.78 Å². The van der Waals surface area contributed by atoms with Crippen LogP contribution >= 0.6 is 0 Å². The van der Waals surface area contributed by atoms with Crippen LogP contribution in [0.4, 0.5) is 0 Å². The molecule has 0 unspecified atom stereocenters. The van der Waals surface area contributed by atoms with Gasteiger partial charge in [-0.3, -0.25) is 4.79 Å². The molecule has 0 aliphatic rings. The molecule has 0 aromatic heterocycles. The first kappa shape index (κ1) is 12.7. The molecule has 0 N–H and O–H groups in total. The van der Waals surface area contributed by atoms with Gasteiger partial charge < -0.3 is 0 Å². The van der Waals surface area contributed by atoms with Gasteiger partial charge in [-0.15, -0.1) is 6.42 Å².